The van der Waals surface area contributed by atoms with Gasteiger partial charge in [-0.3, -0.25) is 4.79 Å². The molecule has 0 aliphatic carbocycles. The van der Waals surface area contributed by atoms with Crippen LogP contribution < -0.4 is 10.6 Å². The summed E-state index contributed by atoms with van der Waals surface area (Å²) in [5.41, 5.74) is 3.55. The van der Waals surface area contributed by atoms with Crippen molar-refractivity contribution in [3.8, 4) is 0 Å². The Morgan fingerprint density at radius 1 is 1.31 bits per heavy atom. The Morgan fingerprint density at radius 3 is 2.81 bits per heavy atom. The molecule has 32 heavy (non-hydrogen) atoms. The zero-order valence-electron chi connectivity index (χ0n) is 18.5. The van der Waals surface area contributed by atoms with Gasteiger partial charge in [0.15, 0.2) is 5.78 Å². The molecule has 8 nitrogen and oxygen atoms in total. The van der Waals surface area contributed by atoms with E-state index in [2.05, 4.69) is 33.8 Å². The summed E-state index contributed by atoms with van der Waals surface area (Å²) in [6.07, 6.45) is 4.84. The number of nitrogens with zero attached hydrogens (tertiary/aromatic N) is 3. The summed E-state index contributed by atoms with van der Waals surface area (Å²) in [5.74, 6) is 0.971. The Hall–Kier alpha value is -3.04. The highest BCUT2D eigenvalue weighted by atomic mass is 32.2. The first-order valence-electron chi connectivity index (χ1n) is 10.5. The van der Waals surface area contributed by atoms with Crippen molar-refractivity contribution in [3.05, 3.63) is 65.7 Å². The maximum Gasteiger partial charge on any atom is 0.235 e. The molecule has 0 unspecified atom stereocenters. The summed E-state index contributed by atoms with van der Waals surface area (Å²) < 4.78 is 25.7. The van der Waals surface area contributed by atoms with Gasteiger partial charge in [-0.2, -0.15) is 9.29 Å². The van der Waals surface area contributed by atoms with Crippen molar-refractivity contribution in [2.75, 3.05) is 23.7 Å². The number of carbonyl (C=O) groups is 1. The molecule has 1 aliphatic heterocycles. The van der Waals surface area contributed by atoms with Crippen LogP contribution in [0.2, 0.25) is 0 Å². The predicted molar refractivity (Wildman–Crippen MR) is 127 cm³/mol. The molecule has 1 aliphatic rings. The van der Waals surface area contributed by atoms with Crippen LogP contribution in [-0.2, 0) is 21.2 Å². The maximum absolute atomic E-state index is 12.1. The van der Waals surface area contributed by atoms with Gasteiger partial charge in [0.2, 0.25) is 16.0 Å². The van der Waals surface area contributed by atoms with Crippen LogP contribution in [0.4, 0.5) is 17.5 Å². The number of hydrogen-bond donors (Lipinski definition) is 2. The highest BCUT2D eigenvalue weighted by molar-refractivity contribution is 7.92. The van der Waals surface area contributed by atoms with Crippen molar-refractivity contribution in [2.24, 2.45) is 0 Å². The smallest absolute Gasteiger partial charge is 0.235 e. The summed E-state index contributed by atoms with van der Waals surface area (Å²) in [7, 11) is -3.45. The fourth-order valence-electron chi connectivity index (χ4n) is 3.60. The van der Waals surface area contributed by atoms with Crippen molar-refractivity contribution >= 4 is 33.3 Å². The number of anilines is 3. The van der Waals surface area contributed by atoms with Gasteiger partial charge in [0.1, 0.15) is 5.82 Å². The number of benzene rings is 1. The monoisotopic (exact) mass is 455 g/mol. The zero-order chi connectivity index (χ0) is 23.3. The molecule has 2 heterocycles. The van der Waals surface area contributed by atoms with Crippen molar-refractivity contribution in [1.29, 1.82) is 0 Å². The Kier molecular flexibility index (Phi) is 7.42. The fourth-order valence-corrected chi connectivity index (χ4v) is 4.58. The highest BCUT2D eigenvalue weighted by Gasteiger charge is 2.27. The summed E-state index contributed by atoms with van der Waals surface area (Å²) in [5, 5.41) is 7.56. The van der Waals surface area contributed by atoms with Gasteiger partial charge in [-0.15, -0.1) is 0 Å². The SMILES string of the molecule is C=CC(=O)Cc1cc(C)ccc1Nc1nc(N[C@H]2CCCN(S(=O)(=O)C=C)C2)ncc1C. The van der Waals surface area contributed by atoms with Crippen LogP contribution in [0.25, 0.3) is 0 Å². The van der Waals surface area contributed by atoms with Crippen LogP contribution in [0, 0.1) is 13.8 Å². The molecule has 1 atom stereocenters. The van der Waals surface area contributed by atoms with Gasteiger partial charge < -0.3 is 10.6 Å². The molecule has 0 saturated carbocycles. The number of allylic oxidation sites excluding steroid dienone is 1. The molecule has 0 radical (unpaired) electrons. The van der Waals surface area contributed by atoms with Crippen LogP contribution in [0.3, 0.4) is 0 Å². The fraction of sp³-hybridized carbons (Fsp3) is 0.348. The second-order valence-corrected chi connectivity index (χ2v) is 9.79. The molecule has 2 aromatic rings. The molecule has 3 rings (SSSR count). The van der Waals surface area contributed by atoms with Crippen molar-refractivity contribution < 1.29 is 13.2 Å². The molecule has 170 valence electrons. The lowest BCUT2D eigenvalue weighted by molar-refractivity contribution is -0.114. The lowest BCUT2D eigenvalue weighted by Crippen LogP contribution is -2.44. The van der Waals surface area contributed by atoms with Gasteiger partial charge in [-0.05, 0) is 44.4 Å². The summed E-state index contributed by atoms with van der Waals surface area (Å²) in [6, 6.07) is 5.76. The Bertz CT molecular complexity index is 1130. The van der Waals surface area contributed by atoms with E-state index in [0.29, 0.717) is 24.9 Å². The molecule has 1 aromatic heterocycles. The van der Waals surface area contributed by atoms with Crippen LogP contribution in [0.1, 0.15) is 29.5 Å². The lowest BCUT2D eigenvalue weighted by atomic mass is 10.0. The topological polar surface area (TPSA) is 104 Å². The van der Waals surface area contributed by atoms with Crippen LogP contribution >= 0.6 is 0 Å². The van der Waals surface area contributed by atoms with Crippen molar-refractivity contribution in [1.82, 2.24) is 14.3 Å². The number of piperidine rings is 1. The molecule has 1 saturated heterocycles. The molecule has 0 bridgehead atoms. The van der Waals surface area contributed by atoms with Gasteiger partial charge >= 0.3 is 0 Å². The van der Waals surface area contributed by atoms with E-state index in [9.17, 15) is 13.2 Å². The largest absolute Gasteiger partial charge is 0.350 e. The minimum atomic E-state index is -3.45. The van der Waals surface area contributed by atoms with Crippen molar-refractivity contribution in [3.63, 3.8) is 0 Å². The van der Waals surface area contributed by atoms with E-state index in [1.807, 2.05) is 32.0 Å². The number of carbonyl (C=O) groups excluding carboxylic acids is 1. The maximum atomic E-state index is 12.1. The van der Waals surface area contributed by atoms with E-state index in [-0.39, 0.29) is 18.2 Å². The minimum absolute atomic E-state index is 0.0586. The van der Waals surface area contributed by atoms with E-state index < -0.39 is 10.0 Å². The number of nitrogens with one attached hydrogen (secondary N) is 2. The number of ketones is 1. The Labute approximate surface area is 189 Å². The summed E-state index contributed by atoms with van der Waals surface area (Å²) >= 11 is 0. The standard InChI is InChI=1S/C23H29N5O3S/c1-5-20(29)13-18-12-16(3)9-10-21(18)26-22-17(4)14-24-23(27-22)25-19-8-7-11-28(15-19)32(30,31)6-2/h5-6,9-10,12,14,19H,1-2,7-8,11,13,15H2,3-4H3,(H2,24,25,26,27)/t19-/m0/s1. The van der Waals surface area contributed by atoms with E-state index >= 15 is 0 Å². The third kappa shape index (κ3) is 5.80. The summed E-state index contributed by atoms with van der Waals surface area (Å²) in [4.78, 5) is 20.9. The van der Waals surface area contributed by atoms with Gasteiger partial charge in [0.25, 0.3) is 0 Å². The van der Waals surface area contributed by atoms with Gasteiger partial charge in [0, 0.05) is 48.4 Å². The molecule has 1 aromatic carbocycles. The second-order valence-electron chi connectivity index (χ2n) is 7.91. The molecular weight excluding hydrogens is 426 g/mol. The molecule has 1 fully saturated rings. The number of aromatic nitrogens is 2. The zero-order valence-corrected chi connectivity index (χ0v) is 19.3. The van der Waals surface area contributed by atoms with E-state index in [1.54, 1.807) is 6.20 Å². The normalized spacial score (nSPS) is 16.9. The van der Waals surface area contributed by atoms with E-state index in [0.717, 1.165) is 40.6 Å². The quantitative estimate of drug-likeness (QED) is 0.558. The second kappa shape index (κ2) is 10.1. The predicted octanol–water partition coefficient (Wildman–Crippen LogP) is 3.48. The third-order valence-electron chi connectivity index (χ3n) is 5.37. The summed E-state index contributed by atoms with van der Waals surface area (Å²) in [6.45, 7) is 11.6. The first kappa shape index (κ1) is 23.6. The number of hydrogen-bond acceptors (Lipinski definition) is 7. The number of aryl methyl sites for hydroxylation is 2. The minimum Gasteiger partial charge on any atom is -0.350 e. The van der Waals surface area contributed by atoms with Gasteiger partial charge in [-0.25, -0.2) is 13.4 Å². The Balaban J connectivity index is 1.79. The van der Waals surface area contributed by atoms with Gasteiger partial charge in [-0.1, -0.05) is 30.9 Å². The average molecular weight is 456 g/mol. The number of sulfonamides is 1. The number of rotatable bonds is 9. The van der Waals surface area contributed by atoms with Crippen LogP contribution in [0.15, 0.2) is 49.0 Å². The first-order chi connectivity index (χ1) is 15.2. The molecule has 0 spiro atoms. The van der Waals surface area contributed by atoms with Crippen molar-refractivity contribution in [2.45, 2.75) is 39.2 Å². The van der Waals surface area contributed by atoms with Crippen LogP contribution in [0.5, 0.6) is 0 Å². The third-order valence-corrected chi connectivity index (χ3v) is 6.84. The highest BCUT2D eigenvalue weighted by Crippen LogP contribution is 2.25. The van der Waals surface area contributed by atoms with E-state index in [4.69, 9.17) is 0 Å². The average Bonchev–Trinajstić information content (AvgIpc) is 2.77. The molecular formula is C23H29N5O3S. The first-order valence-corrected chi connectivity index (χ1v) is 12.0. The molecule has 2 N–H and O–H groups in total. The molecule has 9 heteroatoms. The Morgan fingerprint density at radius 2 is 2.09 bits per heavy atom. The molecule has 0 amide bonds. The van der Waals surface area contributed by atoms with E-state index in [1.165, 1.54) is 10.4 Å². The van der Waals surface area contributed by atoms with Crippen LogP contribution in [-0.4, -0.2) is 47.6 Å². The van der Waals surface area contributed by atoms with Gasteiger partial charge in [0.05, 0.1) is 0 Å². The lowest BCUT2D eigenvalue weighted by Gasteiger charge is -2.31.